The molecule has 0 unspecified atom stereocenters. The third-order valence-electron chi connectivity index (χ3n) is 2.68. The van der Waals surface area contributed by atoms with Crippen molar-refractivity contribution in [3.05, 3.63) is 11.9 Å². The molecule has 1 rings (SSSR count). The summed E-state index contributed by atoms with van der Waals surface area (Å²) in [5, 5.41) is 3.35. The van der Waals surface area contributed by atoms with Gasteiger partial charge in [0.2, 0.25) is 5.88 Å². The van der Waals surface area contributed by atoms with Crippen molar-refractivity contribution in [1.82, 2.24) is 9.97 Å². The molecule has 0 amide bonds. The van der Waals surface area contributed by atoms with Crippen LogP contribution in [0.25, 0.3) is 0 Å². The van der Waals surface area contributed by atoms with Crippen LogP contribution in [0.4, 0.5) is 5.82 Å². The second-order valence-corrected chi connectivity index (χ2v) is 4.38. The minimum absolute atomic E-state index is 0.734. The first kappa shape index (κ1) is 14.7. The molecule has 4 nitrogen and oxygen atoms in total. The SMILES string of the molecule is CCCCOc1ncnc(NCCC)c1CCC. The Morgan fingerprint density at radius 1 is 1.11 bits per heavy atom. The molecule has 0 spiro atoms. The molecule has 18 heavy (non-hydrogen) atoms. The van der Waals surface area contributed by atoms with Gasteiger partial charge in [-0.3, -0.25) is 0 Å². The number of nitrogens with one attached hydrogen (secondary N) is 1. The van der Waals surface area contributed by atoms with Crippen molar-refractivity contribution < 1.29 is 4.74 Å². The lowest BCUT2D eigenvalue weighted by Gasteiger charge is -2.14. The topological polar surface area (TPSA) is 47.0 Å². The van der Waals surface area contributed by atoms with Gasteiger partial charge in [-0.1, -0.05) is 33.6 Å². The Kier molecular flexibility index (Phi) is 7.14. The molecule has 4 heteroatoms. The van der Waals surface area contributed by atoms with Crippen molar-refractivity contribution in [3.8, 4) is 5.88 Å². The van der Waals surface area contributed by atoms with Crippen molar-refractivity contribution in [3.63, 3.8) is 0 Å². The number of hydrogen-bond acceptors (Lipinski definition) is 4. The van der Waals surface area contributed by atoms with E-state index in [-0.39, 0.29) is 0 Å². The normalized spacial score (nSPS) is 10.4. The lowest BCUT2D eigenvalue weighted by Crippen LogP contribution is -2.09. The van der Waals surface area contributed by atoms with Gasteiger partial charge in [-0.15, -0.1) is 0 Å². The molecule has 102 valence electrons. The summed E-state index contributed by atoms with van der Waals surface area (Å²) in [7, 11) is 0. The Bertz CT molecular complexity index is 342. The highest BCUT2D eigenvalue weighted by molar-refractivity contribution is 5.48. The maximum Gasteiger partial charge on any atom is 0.221 e. The van der Waals surface area contributed by atoms with E-state index in [0.29, 0.717) is 0 Å². The number of rotatable bonds is 9. The van der Waals surface area contributed by atoms with Crippen molar-refractivity contribution in [2.45, 2.75) is 52.9 Å². The summed E-state index contributed by atoms with van der Waals surface area (Å²) in [6.07, 6.45) is 6.88. The van der Waals surface area contributed by atoms with Gasteiger partial charge in [0.25, 0.3) is 0 Å². The lowest BCUT2D eigenvalue weighted by molar-refractivity contribution is 0.294. The van der Waals surface area contributed by atoms with Crippen LogP contribution in [-0.4, -0.2) is 23.1 Å². The van der Waals surface area contributed by atoms with E-state index in [0.717, 1.165) is 62.5 Å². The summed E-state index contributed by atoms with van der Waals surface area (Å²) in [5.41, 5.74) is 1.12. The van der Waals surface area contributed by atoms with E-state index >= 15 is 0 Å². The highest BCUT2D eigenvalue weighted by Gasteiger charge is 2.11. The van der Waals surface area contributed by atoms with Crippen LogP contribution in [0.15, 0.2) is 6.33 Å². The Morgan fingerprint density at radius 2 is 1.94 bits per heavy atom. The van der Waals surface area contributed by atoms with E-state index in [9.17, 15) is 0 Å². The second kappa shape index (κ2) is 8.72. The Labute approximate surface area is 110 Å². The largest absolute Gasteiger partial charge is 0.477 e. The Hall–Kier alpha value is -1.32. The predicted octanol–water partition coefficient (Wildman–Crippen LogP) is 3.43. The highest BCUT2D eigenvalue weighted by atomic mass is 16.5. The number of nitrogens with zero attached hydrogens (tertiary/aromatic N) is 2. The van der Waals surface area contributed by atoms with Gasteiger partial charge < -0.3 is 10.1 Å². The fourth-order valence-electron chi connectivity index (χ4n) is 1.70. The Balaban J connectivity index is 2.79. The van der Waals surface area contributed by atoms with Gasteiger partial charge in [0, 0.05) is 6.54 Å². The fraction of sp³-hybridized carbons (Fsp3) is 0.714. The van der Waals surface area contributed by atoms with E-state index in [1.54, 1.807) is 6.33 Å². The standard InChI is InChI=1S/C14H25N3O/c1-4-7-10-18-14-12(8-5-2)13(15-9-6-3)16-11-17-14/h11H,4-10H2,1-3H3,(H,15,16,17). The molecule has 0 aliphatic carbocycles. The van der Waals surface area contributed by atoms with Gasteiger partial charge in [-0.25, -0.2) is 9.97 Å². The molecule has 0 aliphatic rings. The predicted molar refractivity (Wildman–Crippen MR) is 75.2 cm³/mol. The van der Waals surface area contributed by atoms with Crippen LogP contribution >= 0.6 is 0 Å². The molecule has 0 aromatic carbocycles. The van der Waals surface area contributed by atoms with Gasteiger partial charge in [-0.05, 0) is 19.3 Å². The van der Waals surface area contributed by atoms with Gasteiger partial charge in [0.15, 0.2) is 0 Å². The zero-order chi connectivity index (χ0) is 13.2. The van der Waals surface area contributed by atoms with Crippen LogP contribution in [0.2, 0.25) is 0 Å². The first-order valence-electron chi connectivity index (χ1n) is 7.03. The average Bonchev–Trinajstić information content (AvgIpc) is 2.39. The molecule has 1 N–H and O–H groups in total. The zero-order valence-electron chi connectivity index (χ0n) is 11.8. The molecule has 0 atom stereocenters. The summed E-state index contributed by atoms with van der Waals surface area (Å²) in [5.74, 6) is 1.68. The maximum atomic E-state index is 5.76. The van der Waals surface area contributed by atoms with E-state index in [1.807, 2.05) is 0 Å². The Morgan fingerprint density at radius 3 is 2.61 bits per heavy atom. The first-order chi connectivity index (χ1) is 8.83. The molecule has 1 aromatic rings. The molecule has 0 aliphatic heterocycles. The first-order valence-corrected chi connectivity index (χ1v) is 7.03. The molecule has 0 saturated heterocycles. The van der Waals surface area contributed by atoms with E-state index < -0.39 is 0 Å². The summed E-state index contributed by atoms with van der Waals surface area (Å²) in [4.78, 5) is 8.59. The molecule has 0 radical (unpaired) electrons. The third kappa shape index (κ3) is 4.51. The third-order valence-corrected chi connectivity index (χ3v) is 2.68. The van der Waals surface area contributed by atoms with Gasteiger partial charge in [-0.2, -0.15) is 0 Å². The van der Waals surface area contributed by atoms with Crippen molar-refractivity contribution in [1.29, 1.82) is 0 Å². The average molecular weight is 251 g/mol. The van der Waals surface area contributed by atoms with Crippen molar-refractivity contribution in [2.24, 2.45) is 0 Å². The second-order valence-electron chi connectivity index (χ2n) is 4.38. The number of unbranched alkanes of at least 4 members (excludes halogenated alkanes) is 1. The quantitative estimate of drug-likeness (QED) is 0.683. The summed E-state index contributed by atoms with van der Waals surface area (Å²) >= 11 is 0. The van der Waals surface area contributed by atoms with Crippen molar-refractivity contribution >= 4 is 5.82 Å². The number of ether oxygens (including phenoxy) is 1. The van der Waals surface area contributed by atoms with Gasteiger partial charge in [0.1, 0.15) is 12.1 Å². The van der Waals surface area contributed by atoms with Crippen molar-refractivity contribution in [2.75, 3.05) is 18.5 Å². The van der Waals surface area contributed by atoms with E-state index in [4.69, 9.17) is 4.74 Å². The van der Waals surface area contributed by atoms with Crippen LogP contribution in [0, 0.1) is 0 Å². The number of anilines is 1. The van der Waals surface area contributed by atoms with Gasteiger partial charge >= 0.3 is 0 Å². The summed E-state index contributed by atoms with van der Waals surface area (Å²) in [6.45, 7) is 8.13. The van der Waals surface area contributed by atoms with Crippen LogP contribution in [0.3, 0.4) is 0 Å². The van der Waals surface area contributed by atoms with E-state index in [1.165, 1.54) is 0 Å². The summed E-state index contributed by atoms with van der Waals surface area (Å²) in [6, 6.07) is 0. The fourth-order valence-corrected chi connectivity index (χ4v) is 1.70. The van der Waals surface area contributed by atoms with Crippen LogP contribution in [0.1, 0.15) is 52.0 Å². The monoisotopic (exact) mass is 251 g/mol. The van der Waals surface area contributed by atoms with Crippen LogP contribution in [0.5, 0.6) is 5.88 Å². The lowest BCUT2D eigenvalue weighted by atomic mass is 10.1. The molecule has 1 aromatic heterocycles. The molecule has 0 fully saturated rings. The van der Waals surface area contributed by atoms with E-state index in [2.05, 4.69) is 36.1 Å². The summed E-state index contributed by atoms with van der Waals surface area (Å²) < 4.78 is 5.76. The molecular formula is C14H25N3O. The molecule has 1 heterocycles. The zero-order valence-corrected chi connectivity index (χ0v) is 11.8. The minimum atomic E-state index is 0.734. The van der Waals surface area contributed by atoms with Gasteiger partial charge in [0.05, 0.1) is 12.2 Å². The minimum Gasteiger partial charge on any atom is -0.477 e. The molecule has 0 saturated carbocycles. The highest BCUT2D eigenvalue weighted by Crippen LogP contribution is 2.23. The number of aromatic nitrogens is 2. The number of hydrogen-bond donors (Lipinski definition) is 1. The smallest absolute Gasteiger partial charge is 0.221 e. The molecule has 0 bridgehead atoms. The molecular weight excluding hydrogens is 226 g/mol. The maximum absolute atomic E-state index is 5.76. The van der Waals surface area contributed by atoms with Crippen LogP contribution < -0.4 is 10.1 Å². The van der Waals surface area contributed by atoms with Crippen LogP contribution in [-0.2, 0) is 6.42 Å².